The molecule has 2 saturated heterocycles. The van der Waals surface area contributed by atoms with Gasteiger partial charge in [0.05, 0.1) is 18.6 Å². The highest BCUT2D eigenvalue weighted by Crippen LogP contribution is 2.15. The number of carbonyl (C=O) groups is 2. The van der Waals surface area contributed by atoms with Crippen molar-refractivity contribution in [2.75, 3.05) is 26.3 Å². The fourth-order valence-electron chi connectivity index (χ4n) is 3.22. The van der Waals surface area contributed by atoms with E-state index in [1.807, 2.05) is 0 Å². The Labute approximate surface area is 162 Å². The minimum absolute atomic E-state index is 0. The van der Waals surface area contributed by atoms with E-state index in [1.165, 1.54) is 17.0 Å². The van der Waals surface area contributed by atoms with Crippen LogP contribution >= 0.6 is 12.4 Å². The van der Waals surface area contributed by atoms with Gasteiger partial charge in [-0.3, -0.25) is 9.59 Å². The Morgan fingerprint density at radius 1 is 1.30 bits per heavy atom. The Bertz CT molecular complexity index is 651. The summed E-state index contributed by atoms with van der Waals surface area (Å²) in [5.74, 6) is -2.12. The molecule has 2 heterocycles. The highest BCUT2D eigenvalue weighted by molar-refractivity contribution is 5.87. The third-order valence-electron chi connectivity index (χ3n) is 4.50. The van der Waals surface area contributed by atoms with Gasteiger partial charge < -0.3 is 19.7 Å². The van der Waals surface area contributed by atoms with Gasteiger partial charge in [0, 0.05) is 32.3 Å². The molecule has 1 aromatic rings. The molecule has 2 atom stereocenters. The lowest BCUT2D eigenvalue weighted by Crippen LogP contribution is -2.55. The maximum Gasteiger partial charge on any atom is 0.308 e. The predicted octanol–water partition coefficient (Wildman–Crippen LogP) is 1.80. The van der Waals surface area contributed by atoms with Crippen LogP contribution in [0, 0.1) is 11.6 Å². The van der Waals surface area contributed by atoms with Crippen LogP contribution < -0.4 is 5.32 Å². The van der Waals surface area contributed by atoms with Crippen molar-refractivity contribution in [1.82, 2.24) is 10.2 Å². The van der Waals surface area contributed by atoms with E-state index >= 15 is 0 Å². The number of rotatable bonds is 6. The summed E-state index contributed by atoms with van der Waals surface area (Å²) in [7, 11) is 0. The number of nitrogens with zero attached hydrogens (tertiary/aromatic N) is 1. The van der Waals surface area contributed by atoms with Crippen molar-refractivity contribution < 1.29 is 27.8 Å². The van der Waals surface area contributed by atoms with Crippen LogP contribution in [0.15, 0.2) is 18.2 Å². The van der Waals surface area contributed by atoms with Gasteiger partial charge in [0.25, 0.3) is 0 Å². The molecule has 150 valence electrons. The zero-order valence-corrected chi connectivity index (χ0v) is 15.6. The maximum absolute atomic E-state index is 13.3. The first-order chi connectivity index (χ1) is 12.5. The Morgan fingerprint density at radius 2 is 2.04 bits per heavy atom. The molecule has 1 aromatic carbocycles. The summed E-state index contributed by atoms with van der Waals surface area (Å²) in [4.78, 5) is 26.0. The molecule has 3 rings (SSSR count). The first-order valence-corrected chi connectivity index (χ1v) is 8.75. The summed E-state index contributed by atoms with van der Waals surface area (Å²) in [6.07, 6.45) is 1.68. The molecular formula is C18H23ClF2N2O4. The largest absolute Gasteiger partial charge is 0.463 e. The monoisotopic (exact) mass is 404 g/mol. The fraction of sp³-hybridized carbons (Fsp3) is 0.556. The van der Waals surface area contributed by atoms with Crippen molar-refractivity contribution in [2.45, 2.75) is 38.0 Å². The second-order valence-electron chi connectivity index (χ2n) is 6.57. The topological polar surface area (TPSA) is 67.9 Å². The number of hydrogen-bond acceptors (Lipinski definition) is 5. The number of carbonyl (C=O) groups excluding carboxylic acids is 2. The highest BCUT2D eigenvalue weighted by atomic mass is 35.5. The molecular weight excluding hydrogens is 382 g/mol. The Kier molecular flexibility index (Phi) is 7.94. The van der Waals surface area contributed by atoms with E-state index in [9.17, 15) is 18.4 Å². The van der Waals surface area contributed by atoms with Crippen molar-refractivity contribution in [3.05, 3.63) is 35.4 Å². The summed E-state index contributed by atoms with van der Waals surface area (Å²) in [6, 6.07) is 2.49. The van der Waals surface area contributed by atoms with Crippen LogP contribution in [0.5, 0.6) is 0 Å². The van der Waals surface area contributed by atoms with E-state index in [2.05, 4.69) is 5.32 Å². The minimum Gasteiger partial charge on any atom is -0.463 e. The van der Waals surface area contributed by atoms with Crippen LogP contribution in [-0.2, 0) is 25.6 Å². The van der Waals surface area contributed by atoms with Crippen molar-refractivity contribution in [3.8, 4) is 0 Å². The van der Waals surface area contributed by atoms with E-state index in [4.69, 9.17) is 9.47 Å². The van der Waals surface area contributed by atoms with Gasteiger partial charge in [-0.05, 0) is 30.5 Å². The van der Waals surface area contributed by atoms with Gasteiger partial charge in [0.2, 0.25) is 5.91 Å². The molecule has 2 unspecified atom stereocenters. The summed E-state index contributed by atoms with van der Waals surface area (Å²) >= 11 is 0. The molecule has 9 heteroatoms. The molecule has 0 radical (unpaired) electrons. The molecule has 2 aliphatic heterocycles. The number of benzene rings is 1. The van der Waals surface area contributed by atoms with Gasteiger partial charge in [0.1, 0.15) is 18.2 Å². The average Bonchev–Trinajstić information content (AvgIpc) is 3.09. The molecule has 0 aliphatic carbocycles. The lowest BCUT2D eigenvalue weighted by Gasteiger charge is -2.33. The second kappa shape index (κ2) is 9.96. The van der Waals surface area contributed by atoms with E-state index in [0.29, 0.717) is 25.3 Å². The first-order valence-electron chi connectivity index (χ1n) is 8.75. The quantitative estimate of drug-likeness (QED) is 0.732. The lowest BCUT2D eigenvalue weighted by molar-refractivity contribution is -0.151. The van der Waals surface area contributed by atoms with Crippen LogP contribution in [-0.4, -0.2) is 55.2 Å². The Hall–Kier alpha value is -1.77. The molecule has 2 aliphatic rings. The van der Waals surface area contributed by atoms with Gasteiger partial charge in [-0.15, -0.1) is 12.4 Å². The first kappa shape index (κ1) is 21.5. The third-order valence-corrected chi connectivity index (χ3v) is 4.50. The van der Waals surface area contributed by atoms with E-state index in [-0.39, 0.29) is 44.0 Å². The van der Waals surface area contributed by atoms with Gasteiger partial charge >= 0.3 is 5.97 Å². The standard InChI is InChI=1S/C18H22F2N2O4.ClH/c19-13-6-12(7-14(20)8-13)10-22-4-3-21-16(18(22)24)9-17(23)26-11-15-2-1-5-25-15;/h6-8,15-16,21H,1-5,9-11H2;1H. The molecule has 1 N–H and O–H groups in total. The summed E-state index contributed by atoms with van der Waals surface area (Å²) in [5.41, 5.74) is 0.373. The van der Waals surface area contributed by atoms with Gasteiger partial charge in [-0.2, -0.15) is 0 Å². The lowest BCUT2D eigenvalue weighted by atomic mass is 10.1. The zero-order chi connectivity index (χ0) is 18.5. The number of esters is 1. The molecule has 0 aromatic heterocycles. The number of hydrogen-bond donors (Lipinski definition) is 1. The number of amides is 1. The van der Waals surface area contributed by atoms with Crippen molar-refractivity contribution in [3.63, 3.8) is 0 Å². The molecule has 27 heavy (non-hydrogen) atoms. The van der Waals surface area contributed by atoms with E-state index in [0.717, 1.165) is 18.9 Å². The van der Waals surface area contributed by atoms with Crippen LogP contribution in [0.2, 0.25) is 0 Å². The van der Waals surface area contributed by atoms with Gasteiger partial charge in [-0.25, -0.2) is 8.78 Å². The van der Waals surface area contributed by atoms with Crippen molar-refractivity contribution in [2.24, 2.45) is 0 Å². The Balaban J connectivity index is 0.00000261. The van der Waals surface area contributed by atoms with E-state index < -0.39 is 23.6 Å². The summed E-state index contributed by atoms with van der Waals surface area (Å²) in [5, 5.41) is 2.99. The van der Waals surface area contributed by atoms with Gasteiger partial charge in [-0.1, -0.05) is 0 Å². The van der Waals surface area contributed by atoms with Gasteiger partial charge in [0.15, 0.2) is 0 Å². The van der Waals surface area contributed by atoms with Crippen LogP contribution in [0.4, 0.5) is 8.78 Å². The average molecular weight is 405 g/mol. The van der Waals surface area contributed by atoms with E-state index in [1.54, 1.807) is 0 Å². The Morgan fingerprint density at radius 3 is 2.70 bits per heavy atom. The molecule has 1 amide bonds. The normalized spacial score (nSPS) is 22.4. The molecule has 6 nitrogen and oxygen atoms in total. The zero-order valence-electron chi connectivity index (χ0n) is 14.8. The highest BCUT2D eigenvalue weighted by Gasteiger charge is 2.31. The van der Waals surface area contributed by atoms with Crippen molar-refractivity contribution >= 4 is 24.3 Å². The maximum atomic E-state index is 13.3. The van der Waals surface area contributed by atoms with Crippen LogP contribution in [0.1, 0.15) is 24.8 Å². The van der Waals surface area contributed by atoms with Crippen molar-refractivity contribution in [1.29, 1.82) is 0 Å². The smallest absolute Gasteiger partial charge is 0.308 e. The number of piperazine rings is 1. The molecule has 0 saturated carbocycles. The minimum atomic E-state index is -0.695. The second-order valence-corrected chi connectivity index (χ2v) is 6.57. The molecule has 0 spiro atoms. The summed E-state index contributed by atoms with van der Waals surface area (Å²) in [6.45, 7) is 1.87. The molecule has 0 bridgehead atoms. The number of nitrogens with one attached hydrogen (secondary N) is 1. The van der Waals surface area contributed by atoms with Crippen LogP contribution in [0.3, 0.4) is 0 Å². The number of halogens is 3. The van der Waals surface area contributed by atoms with Crippen LogP contribution in [0.25, 0.3) is 0 Å². The molecule has 2 fully saturated rings. The number of ether oxygens (including phenoxy) is 2. The summed E-state index contributed by atoms with van der Waals surface area (Å²) < 4.78 is 37.2. The third kappa shape index (κ3) is 6.12. The fourth-order valence-corrected chi connectivity index (χ4v) is 3.22. The SMILES string of the molecule is Cl.O=C(CC1NCCN(Cc2cc(F)cc(F)c2)C1=O)OCC1CCCO1. The predicted molar refractivity (Wildman–Crippen MR) is 95.4 cm³/mol.